The molecule has 104 valence electrons. The zero-order valence-corrected chi connectivity index (χ0v) is 11.2. The quantitative estimate of drug-likeness (QED) is 0.676. The molecule has 0 radical (unpaired) electrons. The largest absolute Gasteiger partial charge is 0.496 e. The minimum Gasteiger partial charge on any atom is -0.496 e. The van der Waals surface area contributed by atoms with Crippen LogP contribution in [-0.2, 0) is 14.3 Å². The van der Waals surface area contributed by atoms with Crippen LogP contribution in [0.25, 0.3) is 5.57 Å². The van der Waals surface area contributed by atoms with Crippen molar-refractivity contribution in [3.8, 4) is 5.75 Å². The number of carbonyl (C=O) groups excluding carboxylic acids is 1. The highest BCUT2D eigenvalue weighted by Crippen LogP contribution is 2.33. The molecule has 0 atom stereocenters. The third kappa shape index (κ3) is 3.06. The van der Waals surface area contributed by atoms with E-state index in [2.05, 4.69) is 0 Å². The number of carboxylic acid groups (broad SMARTS) is 1. The molecule has 1 aliphatic rings. The van der Waals surface area contributed by atoms with E-state index >= 15 is 0 Å². The Labute approximate surface area is 116 Å². The van der Waals surface area contributed by atoms with Crippen molar-refractivity contribution in [1.29, 1.82) is 0 Å². The van der Waals surface area contributed by atoms with Crippen molar-refractivity contribution in [1.82, 2.24) is 0 Å². The number of hydrogen-bond donors (Lipinski definition) is 1. The lowest BCUT2D eigenvalue weighted by molar-refractivity contribution is -0.138. The number of allylic oxidation sites excluding steroid dienone is 1. The van der Waals surface area contributed by atoms with E-state index in [4.69, 9.17) is 14.6 Å². The van der Waals surface area contributed by atoms with Gasteiger partial charge in [0.05, 0.1) is 19.6 Å². The van der Waals surface area contributed by atoms with E-state index in [1.54, 1.807) is 13.2 Å². The standard InChI is InChI=1S/C15H14O5/c1-9-3-4-12(13(5-9)19-2)10-6-11(8-14(16)17)20-15(18)7-10/h3-6,8H,7H2,1-2H3,(H,16,17)/b11-8-. The van der Waals surface area contributed by atoms with Crippen molar-refractivity contribution in [2.75, 3.05) is 7.11 Å². The third-order valence-electron chi connectivity index (χ3n) is 2.85. The third-order valence-corrected chi connectivity index (χ3v) is 2.85. The molecule has 0 bridgehead atoms. The van der Waals surface area contributed by atoms with E-state index in [1.165, 1.54) is 0 Å². The summed E-state index contributed by atoms with van der Waals surface area (Å²) in [6, 6.07) is 5.60. The average Bonchev–Trinajstić information content (AvgIpc) is 2.36. The SMILES string of the molecule is COc1cc(C)ccc1C1=C/C(=C/C(=O)O)OC(=O)C1. The van der Waals surface area contributed by atoms with Gasteiger partial charge in [0, 0.05) is 5.56 Å². The second-order valence-corrected chi connectivity index (χ2v) is 4.41. The Hall–Kier alpha value is -2.56. The van der Waals surface area contributed by atoms with E-state index in [9.17, 15) is 9.59 Å². The fourth-order valence-corrected chi connectivity index (χ4v) is 2.00. The van der Waals surface area contributed by atoms with Crippen LogP contribution in [0.5, 0.6) is 5.75 Å². The first kappa shape index (κ1) is 13.9. The van der Waals surface area contributed by atoms with Crippen molar-refractivity contribution in [3.63, 3.8) is 0 Å². The van der Waals surface area contributed by atoms with Crippen LogP contribution in [0.4, 0.5) is 0 Å². The molecule has 5 heteroatoms. The normalized spacial score (nSPS) is 16.6. The van der Waals surface area contributed by atoms with Crippen LogP contribution in [0, 0.1) is 6.92 Å². The number of esters is 1. The molecule has 0 spiro atoms. The molecule has 1 aromatic carbocycles. The average molecular weight is 274 g/mol. The summed E-state index contributed by atoms with van der Waals surface area (Å²) in [7, 11) is 1.55. The lowest BCUT2D eigenvalue weighted by Gasteiger charge is -2.17. The highest BCUT2D eigenvalue weighted by molar-refractivity contribution is 5.92. The van der Waals surface area contributed by atoms with Crippen LogP contribution >= 0.6 is 0 Å². The van der Waals surface area contributed by atoms with E-state index in [-0.39, 0.29) is 12.2 Å². The number of aryl methyl sites for hydroxylation is 1. The molecule has 20 heavy (non-hydrogen) atoms. The molecule has 0 amide bonds. The fraction of sp³-hybridized carbons (Fsp3) is 0.200. The lowest BCUT2D eigenvalue weighted by Crippen LogP contribution is -2.11. The molecule has 0 unspecified atom stereocenters. The molecule has 0 aromatic heterocycles. The van der Waals surface area contributed by atoms with Gasteiger partial charge in [0.15, 0.2) is 0 Å². The summed E-state index contributed by atoms with van der Waals surface area (Å²) in [4.78, 5) is 22.2. The van der Waals surface area contributed by atoms with Crippen LogP contribution in [0.2, 0.25) is 0 Å². The van der Waals surface area contributed by atoms with Crippen molar-refractivity contribution in [2.24, 2.45) is 0 Å². The van der Waals surface area contributed by atoms with E-state index in [1.807, 2.05) is 25.1 Å². The number of carboxylic acids is 1. The molecule has 0 saturated heterocycles. The van der Waals surface area contributed by atoms with E-state index < -0.39 is 11.9 Å². The first-order valence-corrected chi connectivity index (χ1v) is 6.00. The van der Waals surface area contributed by atoms with Gasteiger partial charge in [-0.25, -0.2) is 4.79 Å². The second-order valence-electron chi connectivity index (χ2n) is 4.41. The minimum atomic E-state index is -1.17. The monoisotopic (exact) mass is 274 g/mol. The maximum absolute atomic E-state index is 11.6. The predicted octanol–water partition coefficient (Wildman–Crippen LogP) is 2.30. The van der Waals surface area contributed by atoms with Gasteiger partial charge in [-0.1, -0.05) is 12.1 Å². The van der Waals surface area contributed by atoms with Gasteiger partial charge < -0.3 is 14.6 Å². The van der Waals surface area contributed by atoms with E-state index in [0.29, 0.717) is 11.3 Å². The van der Waals surface area contributed by atoms with Gasteiger partial charge in [0.1, 0.15) is 11.5 Å². The summed E-state index contributed by atoms with van der Waals surface area (Å²) in [5.74, 6) is -0.995. The zero-order valence-electron chi connectivity index (χ0n) is 11.2. The van der Waals surface area contributed by atoms with Gasteiger partial charge >= 0.3 is 11.9 Å². The molecular formula is C15H14O5. The Bertz CT molecular complexity index is 625. The smallest absolute Gasteiger partial charge is 0.332 e. The number of carbonyl (C=O) groups is 2. The molecule has 0 aliphatic carbocycles. The lowest BCUT2D eigenvalue weighted by atomic mass is 9.98. The summed E-state index contributed by atoms with van der Waals surface area (Å²) >= 11 is 0. The Balaban J connectivity index is 2.48. The van der Waals surface area contributed by atoms with E-state index in [0.717, 1.165) is 17.2 Å². The number of benzene rings is 1. The van der Waals surface area contributed by atoms with Crippen molar-refractivity contribution in [3.05, 3.63) is 47.2 Å². The molecule has 1 heterocycles. The molecule has 2 rings (SSSR count). The minimum absolute atomic E-state index is 0.0198. The summed E-state index contributed by atoms with van der Waals surface area (Å²) in [5, 5.41) is 8.72. The first-order chi connectivity index (χ1) is 9.49. The fourth-order valence-electron chi connectivity index (χ4n) is 2.00. The van der Waals surface area contributed by atoms with Crippen molar-refractivity contribution >= 4 is 17.5 Å². The van der Waals surface area contributed by atoms with Crippen LogP contribution in [0.15, 0.2) is 36.1 Å². The Morgan fingerprint density at radius 3 is 2.85 bits per heavy atom. The molecule has 0 saturated carbocycles. The highest BCUT2D eigenvalue weighted by Gasteiger charge is 2.20. The summed E-state index contributed by atoms with van der Waals surface area (Å²) < 4.78 is 10.2. The summed E-state index contributed by atoms with van der Waals surface area (Å²) in [5.41, 5.74) is 2.46. The Morgan fingerprint density at radius 1 is 1.45 bits per heavy atom. The number of ether oxygens (including phenoxy) is 2. The molecule has 0 fully saturated rings. The van der Waals surface area contributed by atoms with Gasteiger partial charge in [-0.2, -0.15) is 0 Å². The molecule has 1 aliphatic heterocycles. The molecule has 1 aromatic rings. The predicted molar refractivity (Wildman–Crippen MR) is 72.1 cm³/mol. The van der Waals surface area contributed by atoms with Gasteiger partial charge in [-0.3, -0.25) is 4.79 Å². The molecule has 1 N–H and O–H groups in total. The van der Waals surface area contributed by atoms with Crippen molar-refractivity contribution < 1.29 is 24.2 Å². The summed E-state index contributed by atoms with van der Waals surface area (Å²) in [6.45, 7) is 1.94. The van der Waals surface area contributed by atoms with Crippen LogP contribution in [0.1, 0.15) is 17.5 Å². The van der Waals surface area contributed by atoms with Gasteiger partial charge in [-0.15, -0.1) is 0 Å². The first-order valence-electron chi connectivity index (χ1n) is 6.00. The number of hydrogen-bond acceptors (Lipinski definition) is 4. The molecular weight excluding hydrogens is 260 g/mol. The van der Waals surface area contributed by atoms with Gasteiger partial charge in [0.2, 0.25) is 0 Å². The maximum atomic E-state index is 11.6. The summed E-state index contributed by atoms with van der Waals surface area (Å²) in [6.07, 6.45) is 2.48. The molecule has 5 nitrogen and oxygen atoms in total. The maximum Gasteiger partial charge on any atom is 0.332 e. The van der Waals surface area contributed by atoms with Crippen LogP contribution in [-0.4, -0.2) is 24.2 Å². The Kier molecular flexibility index (Phi) is 3.89. The Morgan fingerprint density at radius 2 is 2.20 bits per heavy atom. The highest BCUT2D eigenvalue weighted by atomic mass is 16.5. The van der Waals surface area contributed by atoms with Crippen molar-refractivity contribution in [2.45, 2.75) is 13.3 Å². The number of cyclic esters (lactones) is 1. The second kappa shape index (κ2) is 5.61. The van der Waals surface area contributed by atoms with Gasteiger partial charge in [0.25, 0.3) is 0 Å². The zero-order chi connectivity index (χ0) is 14.7. The number of rotatable bonds is 3. The topological polar surface area (TPSA) is 72.8 Å². The number of aliphatic carboxylic acids is 1. The van der Waals surface area contributed by atoms with Gasteiger partial charge in [-0.05, 0) is 30.2 Å². The number of methoxy groups -OCH3 is 1. The van der Waals surface area contributed by atoms with Crippen LogP contribution in [0.3, 0.4) is 0 Å². The van der Waals surface area contributed by atoms with Crippen LogP contribution < -0.4 is 4.74 Å².